The average molecular weight is 415 g/mol. The summed E-state index contributed by atoms with van der Waals surface area (Å²) < 4.78 is 11.2. The summed E-state index contributed by atoms with van der Waals surface area (Å²) in [6.07, 6.45) is 1.99. The number of urea groups is 1. The van der Waals surface area contributed by atoms with Crippen LogP contribution >= 0.6 is 0 Å². The average Bonchev–Trinajstić information content (AvgIpc) is 3.23. The Morgan fingerprint density at radius 3 is 2.45 bits per heavy atom. The van der Waals surface area contributed by atoms with E-state index in [0.29, 0.717) is 18.0 Å². The van der Waals surface area contributed by atoms with Gasteiger partial charge < -0.3 is 25.1 Å². The van der Waals surface area contributed by atoms with E-state index < -0.39 is 0 Å². The van der Waals surface area contributed by atoms with Gasteiger partial charge in [0.1, 0.15) is 0 Å². The summed E-state index contributed by atoms with van der Waals surface area (Å²) in [4.78, 5) is 15.9. The summed E-state index contributed by atoms with van der Waals surface area (Å²) in [5.41, 5.74) is 3.79. The number of para-hydroxylation sites is 3. The third kappa shape index (κ3) is 4.33. The largest absolute Gasteiger partial charge is 0.493 e. The van der Waals surface area contributed by atoms with Crippen LogP contribution in [0.15, 0.2) is 79.0 Å². The predicted octanol–water partition coefficient (Wildman–Crippen LogP) is 5.14. The fraction of sp³-hybridized carbons (Fsp3) is 0.160. The van der Waals surface area contributed by atoms with Crippen molar-refractivity contribution in [3.05, 3.63) is 90.1 Å². The van der Waals surface area contributed by atoms with Gasteiger partial charge in [-0.15, -0.1) is 0 Å². The van der Waals surface area contributed by atoms with Crippen LogP contribution in [0.3, 0.4) is 0 Å². The minimum Gasteiger partial charge on any atom is -0.493 e. The molecule has 1 atom stereocenters. The molecule has 0 fully saturated rings. The lowest BCUT2D eigenvalue weighted by Gasteiger charge is -2.22. The molecule has 4 aromatic rings. The molecule has 0 aliphatic rings. The maximum absolute atomic E-state index is 12.6. The van der Waals surface area contributed by atoms with Crippen LogP contribution in [0.5, 0.6) is 11.5 Å². The number of H-pyrrole nitrogens is 1. The Morgan fingerprint density at radius 2 is 1.68 bits per heavy atom. The molecule has 0 saturated heterocycles. The highest BCUT2D eigenvalue weighted by Gasteiger charge is 2.24. The first kappa shape index (κ1) is 20.3. The van der Waals surface area contributed by atoms with Crippen molar-refractivity contribution < 1.29 is 14.3 Å². The normalized spacial score (nSPS) is 11.7. The summed E-state index contributed by atoms with van der Waals surface area (Å²) in [5.74, 6) is 1.16. The minimum atomic E-state index is -0.266. The summed E-state index contributed by atoms with van der Waals surface area (Å²) >= 11 is 0. The molecule has 6 heteroatoms. The second-order valence-electron chi connectivity index (χ2n) is 7.13. The Labute approximate surface area is 181 Å². The molecular formula is C25H25N3O3. The van der Waals surface area contributed by atoms with Crippen molar-refractivity contribution in [3.63, 3.8) is 0 Å². The Kier molecular flexibility index (Phi) is 6.08. The Balaban J connectivity index is 1.68. The quantitative estimate of drug-likeness (QED) is 0.391. The van der Waals surface area contributed by atoms with E-state index in [1.807, 2.05) is 72.9 Å². The smallest absolute Gasteiger partial charge is 0.319 e. The maximum Gasteiger partial charge on any atom is 0.319 e. The molecule has 2 amide bonds. The molecule has 31 heavy (non-hydrogen) atoms. The van der Waals surface area contributed by atoms with Crippen LogP contribution in [0.4, 0.5) is 10.5 Å². The van der Waals surface area contributed by atoms with Gasteiger partial charge in [-0.3, -0.25) is 0 Å². The molecule has 0 radical (unpaired) electrons. The molecule has 1 aromatic heterocycles. The van der Waals surface area contributed by atoms with Gasteiger partial charge >= 0.3 is 6.03 Å². The fourth-order valence-electron chi connectivity index (χ4n) is 3.85. The van der Waals surface area contributed by atoms with Crippen LogP contribution in [-0.2, 0) is 0 Å². The molecule has 6 nitrogen and oxygen atoms in total. The van der Waals surface area contributed by atoms with E-state index in [1.165, 1.54) is 0 Å². The molecule has 4 rings (SSSR count). The second-order valence-corrected chi connectivity index (χ2v) is 7.13. The number of carbonyl (C=O) groups is 1. The molecule has 0 spiro atoms. The monoisotopic (exact) mass is 415 g/mol. The Bertz CT molecular complexity index is 1170. The third-order valence-corrected chi connectivity index (χ3v) is 5.30. The molecule has 0 bridgehead atoms. The van der Waals surface area contributed by atoms with E-state index in [2.05, 4.69) is 21.7 Å². The van der Waals surface area contributed by atoms with E-state index in [1.54, 1.807) is 14.2 Å². The van der Waals surface area contributed by atoms with E-state index in [0.717, 1.165) is 27.7 Å². The zero-order valence-electron chi connectivity index (χ0n) is 17.5. The standard InChI is InChI=1S/C25H25N3O3/c1-30-23-14-8-12-19(24(23)31-2)21(20-15-26-22-13-7-6-11-18(20)22)16-27-25(29)28-17-9-4-3-5-10-17/h3-15,21,26H,16H2,1-2H3,(H2,27,28,29)/t21-/m0/s1. The van der Waals surface area contributed by atoms with Crippen LogP contribution in [-0.4, -0.2) is 31.8 Å². The number of aromatic nitrogens is 1. The van der Waals surface area contributed by atoms with Crippen LogP contribution in [0.1, 0.15) is 17.0 Å². The number of fused-ring (bicyclic) bond motifs is 1. The molecule has 0 aliphatic heterocycles. The molecule has 0 saturated carbocycles. The lowest BCUT2D eigenvalue weighted by Crippen LogP contribution is -2.32. The van der Waals surface area contributed by atoms with Crippen LogP contribution < -0.4 is 20.1 Å². The topological polar surface area (TPSA) is 75.4 Å². The maximum atomic E-state index is 12.6. The molecule has 0 aliphatic carbocycles. The van der Waals surface area contributed by atoms with Crippen molar-refractivity contribution >= 4 is 22.6 Å². The van der Waals surface area contributed by atoms with Gasteiger partial charge in [-0.25, -0.2) is 4.79 Å². The van der Waals surface area contributed by atoms with Crippen molar-refractivity contribution in [1.82, 2.24) is 10.3 Å². The number of rotatable bonds is 7. The molecule has 3 aromatic carbocycles. The second kappa shape index (κ2) is 9.26. The van der Waals surface area contributed by atoms with Crippen LogP contribution in [0.25, 0.3) is 10.9 Å². The summed E-state index contributed by atoms with van der Waals surface area (Å²) in [6.45, 7) is 0.379. The van der Waals surface area contributed by atoms with Gasteiger partial charge in [-0.2, -0.15) is 0 Å². The number of anilines is 1. The molecule has 1 heterocycles. The molecular weight excluding hydrogens is 390 g/mol. The number of carbonyl (C=O) groups excluding carboxylic acids is 1. The lowest BCUT2D eigenvalue weighted by molar-refractivity contribution is 0.251. The van der Waals surface area contributed by atoms with Gasteiger partial charge in [0.15, 0.2) is 11.5 Å². The van der Waals surface area contributed by atoms with Gasteiger partial charge in [0.25, 0.3) is 0 Å². The highest BCUT2D eigenvalue weighted by atomic mass is 16.5. The van der Waals surface area contributed by atoms with Gasteiger partial charge in [0.05, 0.1) is 14.2 Å². The van der Waals surface area contributed by atoms with E-state index in [9.17, 15) is 4.79 Å². The number of methoxy groups -OCH3 is 2. The van der Waals surface area contributed by atoms with Crippen molar-refractivity contribution in [1.29, 1.82) is 0 Å². The fourth-order valence-corrected chi connectivity index (χ4v) is 3.85. The zero-order valence-corrected chi connectivity index (χ0v) is 17.5. The van der Waals surface area contributed by atoms with E-state index in [-0.39, 0.29) is 11.9 Å². The number of benzene rings is 3. The summed E-state index contributed by atoms with van der Waals surface area (Å²) in [6, 6.07) is 23.0. The number of amides is 2. The number of ether oxygens (including phenoxy) is 2. The summed E-state index contributed by atoms with van der Waals surface area (Å²) in [7, 11) is 3.25. The number of hydrogen-bond acceptors (Lipinski definition) is 3. The van der Waals surface area contributed by atoms with Gasteiger partial charge in [-0.1, -0.05) is 48.5 Å². The highest BCUT2D eigenvalue weighted by Crippen LogP contribution is 2.40. The minimum absolute atomic E-state index is 0.150. The van der Waals surface area contributed by atoms with Gasteiger partial charge in [0, 0.05) is 40.8 Å². The zero-order chi connectivity index (χ0) is 21.6. The van der Waals surface area contributed by atoms with Gasteiger partial charge in [-0.05, 0) is 29.8 Å². The van der Waals surface area contributed by atoms with Crippen molar-refractivity contribution in [2.45, 2.75) is 5.92 Å². The van der Waals surface area contributed by atoms with Crippen LogP contribution in [0, 0.1) is 0 Å². The SMILES string of the molecule is COc1cccc([C@H](CNC(=O)Nc2ccccc2)c2c[nH]c3ccccc23)c1OC. The van der Waals surface area contributed by atoms with E-state index >= 15 is 0 Å². The first-order chi connectivity index (χ1) is 15.2. The predicted molar refractivity (Wildman–Crippen MR) is 123 cm³/mol. The first-order valence-electron chi connectivity index (χ1n) is 10.1. The molecule has 3 N–H and O–H groups in total. The number of aromatic amines is 1. The third-order valence-electron chi connectivity index (χ3n) is 5.30. The Morgan fingerprint density at radius 1 is 0.903 bits per heavy atom. The van der Waals surface area contributed by atoms with Crippen molar-refractivity contribution in [2.75, 3.05) is 26.1 Å². The van der Waals surface area contributed by atoms with Gasteiger partial charge in [0.2, 0.25) is 0 Å². The van der Waals surface area contributed by atoms with E-state index in [4.69, 9.17) is 9.47 Å². The lowest BCUT2D eigenvalue weighted by atomic mass is 9.90. The van der Waals surface area contributed by atoms with Crippen LogP contribution in [0.2, 0.25) is 0 Å². The molecule has 158 valence electrons. The Hall–Kier alpha value is -3.93. The number of nitrogens with one attached hydrogen (secondary N) is 3. The van der Waals surface area contributed by atoms with Crippen molar-refractivity contribution in [2.24, 2.45) is 0 Å². The number of hydrogen-bond donors (Lipinski definition) is 3. The van der Waals surface area contributed by atoms with Crippen molar-refractivity contribution in [3.8, 4) is 11.5 Å². The molecule has 0 unspecified atom stereocenters. The highest BCUT2D eigenvalue weighted by molar-refractivity contribution is 5.89. The summed E-state index contributed by atoms with van der Waals surface area (Å²) in [5, 5.41) is 6.98. The first-order valence-corrected chi connectivity index (χ1v) is 10.1.